The zero-order valence-corrected chi connectivity index (χ0v) is 26.1. The maximum Gasteiger partial charge on any atom is 0.336 e. The van der Waals surface area contributed by atoms with Crippen LogP contribution in [0.4, 0.5) is 0 Å². The molecule has 1 heterocycles. The lowest BCUT2D eigenvalue weighted by atomic mass is 9.66. The van der Waals surface area contributed by atoms with Gasteiger partial charge in [-0.3, -0.25) is 14.6 Å². The van der Waals surface area contributed by atoms with Gasteiger partial charge in [-0.15, -0.1) is 0 Å². The molecule has 1 aliphatic heterocycles. The summed E-state index contributed by atoms with van der Waals surface area (Å²) in [5.41, 5.74) is 3.34. The number of fused-ring (bicyclic) bond motifs is 1. The molecule has 44 heavy (non-hydrogen) atoms. The average Bonchev–Trinajstić information content (AvgIpc) is 3.01. The fourth-order valence-corrected chi connectivity index (χ4v) is 6.77. The second-order valence-corrected chi connectivity index (χ2v) is 11.6. The average molecular weight is 604 g/mol. The number of hydrogen-bond acceptors (Lipinski definition) is 9. The van der Waals surface area contributed by atoms with Gasteiger partial charge in [0.25, 0.3) is 0 Å². The van der Waals surface area contributed by atoms with Gasteiger partial charge in [-0.25, -0.2) is 4.79 Å². The standard InChI is InChI=1S/C35H41NO8/c1-6-42-31-19-23(13-15-29(31)43-21(3)37)33-32(35(39)44-25-10-8-7-9-11-25)20(2)36-26-16-24(17-27(38)34(26)33)22-12-14-28(40-4)30(18-22)41-5/h12-15,18-19,24-25,33-34H,6-11,16-17H2,1-5H3/t24-,33+,34?/m0/s1. The van der Waals surface area contributed by atoms with Crippen molar-refractivity contribution in [2.75, 3.05) is 20.8 Å². The molecular weight excluding hydrogens is 562 g/mol. The van der Waals surface area contributed by atoms with Crippen LogP contribution in [0.5, 0.6) is 23.0 Å². The first kappa shape index (κ1) is 31.3. The van der Waals surface area contributed by atoms with E-state index in [4.69, 9.17) is 28.7 Å². The molecule has 0 N–H and O–H groups in total. The molecule has 0 radical (unpaired) electrons. The quantitative estimate of drug-likeness (QED) is 0.237. The van der Waals surface area contributed by atoms with Crippen molar-refractivity contribution >= 4 is 23.4 Å². The highest BCUT2D eigenvalue weighted by molar-refractivity contribution is 6.12. The number of aliphatic imine (C=N–C) groups is 1. The summed E-state index contributed by atoms with van der Waals surface area (Å²) >= 11 is 0. The number of carbonyl (C=O) groups is 3. The summed E-state index contributed by atoms with van der Waals surface area (Å²) in [6, 6.07) is 10.9. The van der Waals surface area contributed by atoms with Crippen molar-refractivity contribution in [3.8, 4) is 23.0 Å². The molecule has 2 aromatic carbocycles. The number of hydrogen-bond donors (Lipinski definition) is 0. The van der Waals surface area contributed by atoms with Crippen LogP contribution in [0.3, 0.4) is 0 Å². The van der Waals surface area contributed by atoms with Crippen LogP contribution in [0.1, 0.15) is 88.7 Å². The summed E-state index contributed by atoms with van der Waals surface area (Å²) in [4.78, 5) is 44.7. The summed E-state index contributed by atoms with van der Waals surface area (Å²) in [5.74, 6) is -0.403. The molecule has 3 aliphatic rings. The molecule has 0 bridgehead atoms. The number of allylic oxidation sites excluding steroid dienone is 1. The predicted molar refractivity (Wildman–Crippen MR) is 165 cm³/mol. The van der Waals surface area contributed by atoms with E-state index < -0.39 is 23.8 Å². The Morgan fingerprint density at radius 1 is 0.864 bits per heavy atom. The largest absolute Gasteiger partial charge is 0.493 e. The monoisotopic (exact) mass is 603 g/mol. The van der Waals surface area contributed by atoms with Gasteiger partial charge < -0.3 is 23.7 Å². The lowest BCUT2D eigenvalue weighted by Crippen LogP contribution is -2.41. The van der Waals surface area contributed by atoms with Crippen LogP contribution in [0.2, 0.25) is 0 Å². The minimum absolute atomic E-state index is 0.00252. The summed E-state index contributed by atoms with van der Waals surface area (Å²) in [6.45, 7) is 5.32. The summed E-state index contributed by atoms with van der Waals surface area (Å²) in [5, 5.41) is 0. The van der Waals surface area contributed by atoms with Gasteiger partial charge in [0, 0.05) is 30.7 Å². The van der Waals surface area contributed by atoms with Gasteiger partial charge in [0.05, 0.1) is 32.3 Å². The van der Waals surface area contributed by atoms with E-state index in [1.54, 1.807) is 32.4 Å². The van der Waals surface area contributed by atoms with E-state index in [0.717, 1.165) is 43.4 Å². The van der Waals surface area contributed by atoms with E-state index in [1.165, 1.54) is 6.92 Å². The van der Waals surface area contributed by atoms with Gasteiger partial charge in [0.15, 0.2) is 23.0 Å². The van der Waals surface area contributed by atoms with Gasteiger partial charge in [-0.05, 0) is 87.3 Å². The predicted octanol–water partition coefficient (Wildman–Crippen LogP) is 6.48. The first-order valence-corrected chi connectivity index (χ1v) is 15.4. The Hall–Kier alpha value is -4.14. The highest BCUT2D eigenvalue weighted by Crippen LogP contribution is 2.48. The second kappa shape index (κ2) is 13.7. The molecule has 0 amide bonds. The Balaban J connectivity index is 1.56. The fraction of sp³-hybridized carbons (Fsp3) is 0.486. The molecular formula is C35H41NO8. The molecule has 2 saturated carbocycles. The Morgan fingerprint density at radius 2 is 1.55 bits per heavy atom. The fourth-order valence-electron chi connectivity index (χ4n) is 6.77. The van der Waals surface area contributed by atoms with Crippen molar-refractivity contribution in [2.24, 2.45) is 10.9 Å². The lowest BCUT2D eigenvalue weighted by Gasteiger charge is -2.38. The smallest absolute Gasteiger partial charge is 0.336 e. The molecule has 1 unspecified atom stereocenters. The van der Waals surface area contributed by atoms with Crippen LogP contribution in [0, 0.1) is 5.92 Å². The summed E-state index contributed by atoms with van der Waals surface area (Å²) < 4.78 is 28.2. The van der Waals surface area contributed by atoms with Crippen LogP contribution in [0.15, 0.2) is 52.7 Å². The number of methoxy groups -OCH3 is 2. The van der Waals surface area contributed by atoms with Crippen molar-refractivity contribution in [2.45, 2.75) is 83.7 Å². The zero-order chi connectivity index (χ0) is 31.4. The van der Waals surface area contributed by atoms with E-state index in [9.17, 15) is 14.4 Å². The number of ketones is 1. The molecule has 2 aliphatic carbocycles. The number of nitrogens with zero attached hydrogens (tertiary/aromatic N) is 1. The number of rotatable bonds is 9. The van der Waals surface area contributed by atoms with Crippen LogP contribution in [0.25, 0.3) is 0 Å². The third-order valence-electron chi connectivity index (χ3n) is 8.76. The Kier molecular flexibility index (Phi) is 9.71. The molecule has 0 aromatic heterocycles. The molecule has 3 atom stereocenters. The summed E-state index contributed by atoms with van der Waals surface area (Å²) in [6.07, 6.45) is 5.53. The molecule has 9 heteroatoms. The number of esters is 2. The molecule has 234 valence electrons. The minimum Gasteiger partial charge on any atom is -0.493 e. The van der Waals surface area contributed by atoms with Crippen molar-refractivity contribution in [3.63, 3.8) is 0 Å². The molecule has 2 fully saturated rings. The third kappa shape index (κ3) is 6.51. The van der Waals surface area contributed by atoms with Gasteiger partial charge in [0.1, 0.15) is 11.9 Å². The van der Waals surface area contributed by atoms with Crippen molar-refractivity contribution in [1.82, 2.24) is 0 Å². The van der Waals surface area contributed by atoms with Crippen molar-refractivity contribution in [1.29, 1.82) is 0 Å². The lowest BCUT2D eigenvalue weighted by molar-refractivity contribution is -0.146. The van der Waals surface area contributed by atoms with Gasteiger partial charge in [-0.2, -0.15) is 0 Å². The maximum absolute atomic E-state index is 14.1. The number of carbonyl (C=O) groups excluding carboxylic acids is 3. The normalized spacial score (nSPS) is 22.1. The first-order valence-electron chi connectivity index (χ1n) is 15.4. The van der Waals surface area contributed by atoms with E-state index in [2.05, 4.69) is 0 Å². The molecule has 0 saturated heterocycles. The zero-order valence-electron chi connectivity index (χ0n) is 26.1. The van der Waals surface area contributed by atoms with Crippen molar-refractivity contribution in [3.05, 3.63) is 58.8 Å². The second-order valence-electron chi connectivity index (χ2n) is 11.6. The SMILES string of the molecule is CCOc1cc([C@@H]2C(C(=O)OC3CCCCC3)=C(C)N=C3C[C@H](c4ccc(OC)c(OC)c4)CC(=O)C32)ccc1OC(C)=O. The van der Waals surface area contributed by atoms with E-state index in [0.29, 0.717) is 47.1 Å². The van der Waals surface area contributed by atoms with Gasteiger partial charge >= 0.3 is 11.9 Å². The van der Waals surface area contributed by atoms with E-state index >= 15 is 0 Å². The Bertz CT molecular complexity index is 1490. The van der Waals surface area contributed by atoms with Gasteiger partial charge in [-0.1, -0.05) is 18.6 Å². The van der Waals surface area contributed by atoms with Crippen LogP contribution in [-0.2, 0) is 19.1 Å². The molecule has 9 nitrogen and oxygen atoms in total. The number of ether oxygens (including phenoxy) is 5. The third-order valence-corrected chi connectivity index (χ3v) is 8.76. The molecule has 5 rings (SSSR count). The highest BCUT2D eigenvalue weighted by Gasteiger charge is 2.46. The number of benzene rings is 2. The van der Waals surface area contributed by atoms with E-state index in [1.807, 2.05) is 32.0 Å². The first-order chi connectivity index (χ1) is 21.2. The minimum atomic E-state index is -0.641. The Labute approximate surface area is 258 Å². The van der Waals surface area contributed by atoms with Crippen molar-refractivity contribution < 1.29 is 38.1 Å². The molecule has 2 aromatic rings. The highest BCUT2D eigenvalue weighted by atomic mass is 16.6. The number of Topliss-reactive ketones (excluding diaryl/α,β-unsaturated/α-hetero) is 1. The maximum atomic E-state index is 14.1. The Morgan fingerprint density at radius 3 is 2.23 bits per heavy atom. The molecule has 0 spiro atoms. The van der Waals surface area contributed by atoms with Gasteiger partial charge in [0.2, 0.25) is 0 Å². The van der Waals surface area contributed by atoms with Crippen LogP contribution >= 0.6 is 0 Å². The van der Waals surface area contributed by atoms with Crippen LogP contribution in [-0.4, -0.2) is 50.4 Å². The summed E-state index contributed by atoms with van der Waals surface area (Å²) in [7, 11) is 3.18. The topological polar surface area (TPSA) is 110 Å². The van der Waals surface area contributed by atoms with Crippen LogP contribution < -0.4 is 18.9 Å². The van der Waals surface area contributed by atoms with E-state index in [-0.39, 0.29) is 30.0 Å².